The average molecular weight is 244 g/mol. The van der Waals surface area contributed by atoms with Crippen LogP contribution in [0.25, 0.3) is 0 Å². The van der Waals surface area contributed by atoms with Crippen LogP contribution in [0.4, 0.5) is 0 Å². The molecule has 0 aromatic rings. The molecular formula is C11H21BO5. The standard InChI is InChI=1S/C11H21BO5/c1-6-16-9(13)7-8-12(15)17-11(4,5)10(2,3)14/h7-8,14-15H,6H2,1-5H3. The first-order valence-electron chi connectivity index (χ1n) is 5.53. The van der Waals surface area contributed by atoms with Crippen LogP contribution in [0.15, 0.2) is 12.1 Å². The number of esters is 1. The second-order valence-corrected chi connectivity index (χ2v) is 4.69. The van der Waals surface area contributed by atoms with Crippen LogP contribution in [0.3, 0.4) is 0 Å². The lowest BCUT2D eigenvalue weighted by atomic mass is 9.83. The fourth-order valence-electron chi connectivity index (χ4n) is 0.837. The van der Waals surface area contributed by atoms with Crippen molar-refractivity contribution in [1.29, 1.82) is 0 Å². The molecule has 0 aromatic heterocycles. The smallest absolute Gasteiger partial charge is 0.463 e. The Morgan fingerprint density at radius 3 is 2.29 bits per heavy atom. The van der Waals surface area contributed by atoms with Crippen molar-refractivity contribution in [3.63, 3.8) is 0 Å². The topological polar surface area (TPSA) is 76.0 Å². The molecule has 17 heavy (non-hydrogen) atoms. The molecule has 0 atom stereocenters. The lowest BCUT2D eigenvalue weighted by Crippen LogP contribution is -2.50. The van der Waals surface area contributed by atoms with Gasteiger partial charge in [0.1, 0.15) is 0 Å². The van der Waals surface area contributed by atoms with Crippen LogP contribution in [-0.4, -0.2) is 41.0 Å². The van der Waals surface area contributed by atoms with Crippen LogP contribution < -0.4 is 0 Å². The maximum absolute atomic E-state index is 11.0. The Morgan fingerprint density at radius 2 is 1.88 bits per heavy atom. The number of carbonyl (C=O) groups is 1. The third-order valence-electron chi connectivity index (χ3n) is 2.57. The SMILES string of the molecule is CCOC(=O)C=CB(O)OC(C)(C)C(C)(C)O. The van der Waals surface area contributed by atoms with E-state index in [1.165, 1.54) is 5.98 Å². The summed E-state index contributed by atoms with van der Waals surface area (Å²) >= 11 is 0. The summed E-state index contributed by atoms with van der Waals surface area (Å²) in [6.07, 6.45) is 1.09. The molecule has 0 aliphatic carbocycles. The van der Waals surface area contributed by atoms with Crippen LogP contribution >= 0.6 is 0 Å². The molecule has 0 aromatic carbocycles. The molecule has 0 aliphatic heterocycles. The van der Waals surface area contributed by atoms with Crippen molar-refractivity contribution in [2.45, 2.75) is 45.8 Å². The summed E-state index contributed by atoms with van der Waals surface area (Å²) in [5, 5.41) is 19.3. The Hall–Kier alpha value is -0.845. The summed E-state index contributed by atoms with van der Waals surface area (Å²) in [7, 11) is -1.28. The van der Waals surface area contributed by atoms with Gasteiger partial charge in [0.25, 0.3) is 0 Å². The van der Waals surface area contributed by atoms with Crippen LogP contribution in [0.2, 0.25) is 0 Å². The number of carbonyl (C=O) groups excluding carboxylic acids is 1. The molecule has 5 nitrogen and oxygen atoms in total. The minimum Gasteiger partial charge on any atom is -0.463 e. The number of ether oxygens (including phenoxy) is 1. The van der Waals surface area contributed by atoms with E-state index in [0.29, 0.717) is 0 Å². The van der Waals surface area contributed by atoms with Crippen LogP contribution in [0.5, 0.6) is 0 Å². The maximum Gasteiger partial charge on any atom is 0.484 e. The highest BCUT2D eigenvalue weighted by Crippen LogP contribution is 2.25. The summed E-state index contributed by atoms with van der Waals surface area (Å²) in [5.74, 6) is 0.627. The van der Waals surface area contributed by atoms with Gasteiger partial charge >= 0.3 is 13.1 Å². The Kier molecular flexibility index (Phi) is 5.88. The Morgan fingerprint density at radius 1 is 1.35 bits per heavy atom. The van der Waals surface area contributed by atoms with Gasteiger partial charge in [0, 0.05) is 6.08 Å². The highest BCUT2D eigenvalue weighted by atomic mass is 16.5. The third-order valence-corrected chi connectivity index (χ3v) is 2.57. The Balaban J connectivity index is 4.37. The van der Waals surface area contributed by atoms with Crippen LogP contribution in [-0.2, 0) is 14.2 Å². The monoisotopic (exact) mass is 244 g/mol. The van der Waals surface area contributed by atoms with E-state index in [1.807, 2.05) is 0 Å². The van der Waals surface area contributed by atoms with Gasteiger partial charge in [-0.3, -0.25) is 0 Å². The van der Waals surface area contributed by atoms with Crippen molar-refractivity contribution >= 4 is 13.1 Å². The highest BCUT2D eigenvalue weighted by molar-refractivity contribution is 6.49. The molecule has 0 saturated heterocycles. The fraction of sp³-hybridized carbons (Fsp3) is 0.727. The lowest BCUT2D eigenvalue weighted by molar-refractivity contribution is -0.137. The second-order valence-electron chi connectivity index (χ2n) is 4.69. The number of aliphatic hydroxyl groups is 1. The molecule has 0 saturated carbocycles. The first kappa shape index (κ1) is 16.2. The molecule has 0 amide bonds. The minimum atomic E-state index is -1.28. The van der Waals surface area contributed by atoms with Gasteiger partial charge in [-0.25, -0.2) is 4.79 Å². The molecule has 98 valence electrons. The van der Waals surface area contributed by atoms with Gasteiger partial charge in [0.15, 0.2) is 0 Å². The minimum absolute atomic E-state index is 0.273. The zero-order valence-corrected chi connectivity index (χ0v) is 11.1. The third kappa shape index (κ3) is 5.86. The molecule has 0 heterocycles. The summed E-state index contributed by atoms with van der Waals surface area (Å²) in [5.41, 5.74) is -2.07. The number of hydrogen-bond acceptors (Lipinski definition) is 5. The maximum atomic E-state index is 11.0. The molecule has 0 aliphatic rings. The highest BCUT2D eigenvalue weighted by Gasteiger charge is 2.38. The van der Waals surface area contributed by atoms with Crippen molar-refractivity contribution in [2.24, 2.45) is 0 Å². The van der Waals surface area contributed by atoms with Gasteiger partial charge in [-0.15, -0.1) is 0 Å². The molecular weight excluding hydrogens is 223 g/mol. The molecule has 0 bridgehead atoms. The van der Waals surface area contributed by atoms with Gasteiger partial charge in [-0.2, -0.15) is 0 Å². The van der Waals surface area contributed by atoms with Crippen molar-refractivity contribution in [3.05, 3.63) is 12.1 Å². The van der Waals surface area contributed by atoms with E-state index >= 15 is 0 Å². The van der Waals surface area contributed by atoms with Crippen LogP contribution in [0, 0.1) is 0 Å². The van der Waals surface area contributed by atoms with E-state index in [-0.39, 0.29) is 6.61 Å². The molecule has 0 unspecified atom stereocenters. The molecule has 0 radical (unpaired) electrons. The van der Waals surface area contributed by atoms with E-state index in [4.69, 9.17) is 4.65 Å². The zero-order valence-electron chi connectivity index (χ0n) is 11.1. The van der Waals surface area contributed by atoms with E-state index < -0.39 is 24.3 Å². The molecule has 0 fully saturated rings. The normalized spacial score (nSPS) is 12.9. The fourth-order valence-corrected chi connectivity index (χ4v) is 0.837. The van der Waals surface area contributed by atoms with E-state index in [0.717, 1.165) is 6.08 Å². The second kappa shape index (κ2) is 6.19. The Labute approximate surface area is 103 Å². The van der Waals surface area contributed by atoms with Crippen LogP contribution in [0.1, 0.15) is 34.6 Å². The van der Waals surface area contributed by atoms with Crippen molar-refractivity contribution in [3.8, 4) is 0 Å². The summed E-state index contributed by atoms with van der Waals surface area (Å²) in [6.45, 7) is 8.41. The van der Waals surface area contributed by atoms with Crippen molar-refractivity contribution < 1.29 is 24.3 Å². The predicted octanol–water partition coefficient (Wildman–Crippen LogP) is 0.691. The molecule has 6 heteroatoms. The van der Waals surface area contributed by atoms with Crippen molar-refractivity contribution in [2.75, 3.05) is 6.61 Å². The predicted molar refractivity (Wildman–Crippen MR) is 65.2 cm³/mol. The lowest BCUT2D eigenvalue weighted by Gasteiger charge is -2.38. The number of rotatable bonds is 6. The first-order valence-corrected chi connectivity index (χ1v) is 5.53. The van der Waals surface area contributed by atoms with Gasteiger partial charge in [-0.05, 0) is 40.6 Å². The Bertz CT molecular complexity index is 280. The van der Waals surface area contributed by atoms with Gasteiger partial charge < -0.3 is 19.5 Å². The van der Waals surface area contributed by atoms with Crippen molar-refractivity contribution in [1.82, 2.24) is 0 Å². The molecule has 0 spiro atoms. The summed E-state index contributed by atoms with van der Waals surface area (Å²) in [6, 6.07) is 0. The van der Waals surface area contributed by atoms with E-state index in [9.17, 15) is 14.9 Å². The summed E-state index contributed by atoms with van der Waals surface area (Å²) < 4.78 is 9.89. The molecule has 0 rings (SSSR count). The first-order chi connectivity index (χ1) is 7.60. The van der Waals surface area contributed by atoms with Gasteiger partial charge in [-0.1, -0.05) is 0 Å². The van der Waals surface area contributed by atoms with Gasteiger partial charge in [0.2, 0.25) is 0 Å². The largest absolute Gasteiger partial charge is 0.484 e. The average Bonchev–Trinajstić information content (AvgIpc) is 2.12. The molecule has 2 N–H and O–H groups in total. The van der Waals surface area contributed by atoms with E-state index in [2.05, 4.69) is 4.74 Å². The van der Waals surface area contributed by atoms with Gasteiger partial charge in [0.05, 0.1) is 17.8 Å². The zero-order chi connectivity index (χ0) is 13.7. The quantitative estimate of drug-likeness (QED) is 0.408. The summed E-state index contributed by atoms with van der Waals surface area (Å²) in [4.78, 5) is 11.0. The number of hydrogen-bond donors (Lipinski definition) is 2. The van der Waals surface area contributed by atoms with E-state index in [1.54, 1.807) is 34.6 Å².